The smallest absolute Gasteiger partial charge is 0.256 e. The second-order valence-corrected chi connectivity index (χ2v) is 16.0. The highest BCUT2D eigenvalue weighted by Crippen LogP contribution is 2.54. The largest absolute Gasteiger partial charge is 0.369 e. The quantitative estimate of drug-likeness (QED) is 0.216. The van der Waals surface area contributed by atoms with Crippen LogP contribution in [0.2, 0.25) is 0 Å². The number of hydrogen-bond donors (Lipinski definition) is 2. The Labute approximate surface area is 284 Å². The predicted octanol–water partition coefficient (Wildman–Crippen LogP) is 1.62. The van der Waals surface area contributed by atoms with Crippen molar-refractivity contribution in [1.29, 1.82) is 0 Å². The highest BCUT2D eigenvalue weighted by Gasteiger charge is 2.62. The Hall–Kier alpha value is -2.18. The molecule has 48 heavy (non-hydrogen) atoms. The monoisotopic (exact) mass is 666 g/mol. The summed E-state index contributed by atoms with van der Waals surface area (Å²) in [6.07, 6.45) is 10.9. The number of rotatable bonds is 9. The third-order valence-electron chi connectivity index (χ3n) is 13.4. The van der Waals surface area contributed by atoms with Crippen molar-refractivity contribution < 1.29 is 23.5 Å². The number of Topliss-reactive ketones (excluding diaryl/α,β-unsaturated/α-hetero) is 2. The number of likely N-dealkylation sites (N-methyl/N-ethyl adjacent to an activating group) is 1. The minimum absolute atomic E-state index is 0.00943. The van der Waals surface area contributed by atoms with E-state index < -0.39 is 24.2 Å². The molecule has 8 rings (SSSR count). The summed E-state index contributed by atoms with van der Waals surface area (Å²) in [4.78, 5) is 50.8. The second-order valence-electron chi connectivity index (χ2n) is 16.0. The van der Waals surface area contributed by atoms with Crippen molar-refractivity contribution in [3.8, 4) is 0 Å². The summed E-state index contributed by atoms with van der Waals surface area (Å²) in [5.74, 6) is -0.312. The zero-order valence-corrected chi connectivity index (χ0v) is 28.6. The molecule has 4 aliphatic carbocycles. The van der Waals surface area contributed by atoms with Gasteiger partial charge in [0.2, 0.25) is 0 Å². The van der Waals surface area contributed by atoms with Crippen LogP contribution in [-0.2, 0) is 19.1 Å². The number of allylic oxidation sites excluding steroid dienone is 2. The Morgan fingerprint density at radius 1 is 0.958 bits per heavy atom. The number of carbonyl (C=O) groups excluding carboxylic acids is 3. The molecule has 11 unspecified atom stereocenters. The molecule has 3 saturated carbocycles. The van der Waals surface area contributed by atoms with Crippen LogP contribution in [0.5, 0.6) is 0 Å². The van der Waals surface area contributed by atoms with E-state index in [-0.39, 0.29) is 59.6 Å². The summed E-state index contributed by atoms with van der Waals surface area (Å²) in [5.41, 5.74) is 0.158. The Bertz CT molecular complexity index is 1300. The first-order valence-corrected chi connectivity index (χ1v) is 19.1. The minimum Gasteiger partial charge on any atom is -0.369 e. The zero-order chi connectivity index (χ0) is 32.9. The van der Waals surface area contributed by atoms with Gasteiger partial charge in [0.15, 0.2) is 5.78 Å². The van der Waals surface area contributed by atoms with E-state index in [1.165, 1.54) is 12.8 Å². The van der Waals surface area contributed by atoms with Crippen molar-refractivity contribution in [2.75, 3.05) is 72.5 Å². The van der Waals surface area contributed by atoms with Gasteiger partial charge in [-0.2, -0.15) is 0 Å². The van der Waals surface area contributed by atoms with Crippen molar-refractivity contribution in [1.82, 2.24) is 30.2 Å². The third-order valence-corrected chi connectivity index (χ3v) is 13.4. The lowest BCUT2D eigenvalue weighted by Crippen LogP contribution is -2.73. The van der Waals surface area contributed by atoms with E-state index in [0.29, 0.717) is 31.2 Å². The van der Waals surface area contributed by atoms with E-state index in [2.05, 4.69) is 49.4 Å². The summed E-state index contributed by atoms with van der Waals surface area (Å²) in [6.45, 7) is 9.28. The average Bonchev–Trinajstić information content (AvgIpc) is 3.71. The number of carbonyl (C=O) groups is 3. The van der Waals surface area contributed by atoms with Gasteiger partial charge in [0.05, 0.1) is 35.9 Å². The van der Waals surface area contributed by atoms with Crippen LogP contribution in [0.25, 0.3) is 0 Å². The molecule has 0 spiro atoms. The van der Waals surface area contributed by atoms with Gasteiger partial charge in [-0.25, -0.2) is 4.39 Å². The van der Waals surface area contributed by atoms with Crippen LogP contribution >= 0.6 is 0 Å². The maximum Gasteiger partial charge on any atom is 0.256 e. The molecule has 11 atom stereocenters. The van der Waals surface area contributed by atoms with Gasteiger partial charge in [-0.05, 0) is 89.9 Å². The first-order chi connectivity index (χ1) is 23.4. The second kappa shape index (κ2) is 13.9. The molecular formula is C37H55FN6O4. The van der Waals surface area contributed by atoms with Crippen LogP contribution < -0.4 is 10.6 Å². The van der Waals surface area contributed by atoms with Gasteiger partial charge >= 0.3 is 0 Å². The Kier molecular flexibility index (Phi) is 9.52. The normalized spacial score (nSPS) is 41.4. The number of piperazine rings is 1. The van der Waals surface area contributed by atoms with Crippen molar-refractivity contribution in [3.05, 3.63) is 23.9 Å². The number of likely N-dealkylation sites (tertiary alicyclic amines) is 1. The first kappa shape index (κ1) is 33.0. The van der Waals surface area contributed by atoms with Crippen LogP contribution in [0.15, 0.2) is 23.9 Å². The number of ether oxygens (including phenoxy) is 1. The number of alkyl halides is 1. The van der Waals surface area contributed by atoms with Gasteiger partial charge in [-0.3, -0.25) is 14.4 Å². The van der Waals surface area contributed by atoms with E-state index in [9.17, 15) is 14.4 Å². The van der Waals surface area contributed by atoms with Gasteiger partial charge in [0, 0.05) is 69.8 Å². The van der Waals surface area contributed by atoms with Crippen molar-refractivity contribution in [3.63, 3.8) is 0 Å². The van der Waals surface area contributed by atoms with Crippen molar-refractivity contribution in [2.24, 2.45) is 29.6 Å². The third kappa shape index (κ3) is 6.09. The Morgan fingerprint density at radius 2 is 1.75 bits per heavy atom. The van der Waals surface area contributed by atoms with E-state index in [0.717, 1.165) is 78.0 Å². The summed E-state index contributed by atoms with van der Waals surface area (Å²) in [5, 5.41) is 6.57. The maximum atomic E-state index is 16.2. The van der Waals surface area contributed by atoms with E-state index in [1.54, 1.807) is 0 Å². The number of fused-ring (bicyclic) bond motifs is 5. The summed E-state index contributed by atoms with van der Waals surface area (Å²) in [7, 11) is 2.14. The lowest BCUT2D eigenvalue weighted by Gasteiger charge is -2.60. The molecule has 0 aromatic carbocycles. The van der Waals surface area contributed by atoms with Crippen LogP contribution in [0.4, 0.5) is 4.39 Å². The SMILES string of the molecule is CN1CCN(CCCNC(=O)C2=CN3C4CC5C(CC4OC4C(NCCN6CCCC6)C(F)CC(C2=O)C43)C(=O)C2C=CCCC25)CC1. The molecule has 1 amide bonds. The van der Waals surface area contributed by atoms with Crippen LogP contribution in [0, 0.1) is 29.6 Å². The van der Waals surface area contributed by atoms with Gasteiger partial charge in [-0.1, -0.05) is 12.2 Å². The molecule has 0 aromatic heterocycles. The van der Waals surface area contributed by atoms with Gasteiger partial charge < -0.3 is 35.0 Å². The number of ketones is 2. The zero-order valence-electron chi connectivity index (χ0n) is 28.6. The number of nitrogens with zero attached hydrogens (tertiary/aromatic N) is 4. The van der Waals surface area contributed by atoms with Gasteiger partial charge in [-0.15, -0.1) is 0 Å². The van der Waals surface area contributed by atoms with E-state index in [1.807, 2.05) is 6.20 Å². The first-order valence-electron chi connectivity index (χ1n) is 19.1. The fraction of sp³-hybridized carbons (Fsp3) is 0.811. The molecule has 11 heteroatoms. The number of nitrogens with one attached hydrogen (secondary N) is 2. The average molecular weight is 667 g/mol. The molecule has 2 N–H and O–H groups in total. The van der Waals surface area contributed by atoms with Crippen LogP contribution in [-0.4, -0.2) is 146 Å². The van der Waals surface area contributed by atoms with E-state index >= 15 is 4.39 Å². The lowest BCUT2D eigenvalue weighted by molar-refractivity contribution is -0.206. The molecule has 0 bridgehead atoms. The fourth-order valence-electron chi connectivity index (χ4n) is 10.8. The number of hydrogen-bond acceptors (Lipinski definition) is 9. The molecule has 264 valence electrons. The maximum absolute atomic E-state index is 16.2. The van der Waals surface area contributed by atoms with E-state index in [4.69, 9.17) is 4.74 Å². The molecule has 4 heterocycles. The molecule has 0 radical (unpaired) electrons. The molecule has 8 aliphatic rings. The number of morpholine rings is 1. The molecule has 3 saturated heterocycles. The van der Waals surface area contributed by atoms with Crippen molar-refractivity contribution in [2.45, 2.75) is 87.9 Å². The highest BCUT2D eigenvalue weighted by atomic mass is 19.1. The van der Waals surface area contributed by atoms with Crippen molar-refractivity contribution >= 4 is 17.5 Å². The highest BCUT2D eigenvalue weighted by molar-refractivity contribution is 6.20. The molecule has 10 nitrogen and oxygen atoms in total. The Balaban J connectivity index is 1.02. The van der Waals surface area contributed by atoms with Crippen LogP contribution in [0.1, 0.15) is 51.4 Å². The summed E-state index contributed by atoms with van der Waals surface area (Å²) in [6, 6.07) is -0.896. The Morgan fingerprint density at radius 3 is 2.56 bits per heavy atom. The predicted molar refractivity (Wildman–Crippen MR) is 180 cm³/mol. The minimum atomic E-state index is -1.26. The summed E-state index contributed by atoms with van der Waals surface area (Å²) >= 11 is 0. The topological polar surface area (TPSA) is 97.5 Å². The molecule has 0 aromatic rings. The molecule has 6 fully saturated rings. The van der Waals surface area contributed by atoms with Crippen LogP contribution in [0.3, 0.4) is 0 Å². The number of halogens is 1. The fourth-order valence-corrected chi connectivity index (χ4v) is 10.8. The standard InChI is InChI=1S/C37H55FN6O4/c1-41-15-17-43(18-16-41)13-6-9-40-37(47)28-22-44-30-20-25-23-7-2-3-8-24(23)34(45)26(25)21-31(30)48-36-32(39-10-14-42-11-4-5-12-42)29(38)19-27(33(36)44)35(28)46/h3,8,22-27,29-33,36,39H,2,4-7,9-21H2,1H3,(H,40,47). The van der Waals surface area contributed by atoms with Gasteiger partial charge in [0.1, 0.15) is 12.0 Å². The number of amides is 1. The lowest BCUT2D eigenvalue weighted by atomic mass is 9.66. The van der Waals surface area contributed by atoms with Gasteiger partial charge in [0.25, 0.3) is 5.91 Å². The molecular weight excluding hydrogens is 611 g/mol. The summed E-state index contributed by atoms with van der Waals surface area (Å²) < 4.78 is 23.2. The molecule has 4 aliphatic heterocycles.